The van der Waals surface area contributed by atoms with E-state index in [1.807, 2.05) is 13.8 Å². The number of aromatic nitrogens is 2. The van der Waals surface area contributed by atoms with Gasteiger partial charge in [-0.3, -0.25) is 9.59 Å². The summed E-state index contributed by atoms with van der Waals surface area (Å²) >= 11 is 0. The molecule has 0 fully saturated rings. The largest absolute Gasteiger partial charge is 0.480 e. The molecule has 6 heteroatoms. The molecule has 1 N–H and O–H groups in total. The van der Waals surface area contributed by atoms with Gasteiger partial charge in [-0.05, 0) is 12.8 Å². The molecule has 0 spiro atoms. The second-order valence-corrected chi connectivity index (χ2v) is 4.51. The van der Waals surface area contributed by atoms with Crippen LogP contribution in [0.25, 0.3) is 0 Å². The SMILES string of the molecule is CCN(CC(=O)O)c1nccn(CC(C)C)c1=O. The molecule has 0 amide bonds. The van der Waals surface area contributed by atoms with Crippen molar-refractivity contribution in [1.82, 2.24) is 9.55 Å². The number of aliphatic carboxylic acids is 1. The van der Waals surface area contributed by atoms with Crippen LogP contribution in [-0.2, 0) is 11.3 Å². The summed E-state index contributed by atoms with van der Waals surface area (Å²) in [5.41, 5.74) is -0.241. The van der Waals surface area contributed by atoms with Crippen LogP contribution in [0.5, 0.6) is 0 Å². The summed E-state index contributed by atoms with van der Waals surface area (Å²) in [7, 11) is 0. The van der Waals surface area contributed by atoms with E-state index in [0.717, 1.165) is 0 Å². The highest BCUT2D eigenvalue weighted by molar-refractivity contribution is 5.72. The van der Waals surface area contributed by atoms with Crippen molar-refractivity contribution >= 4 is 11.8 Å². The number of hydrogen-bond acceptors (Lipinski definition) is 4. The molecule has 0 aliphatic rings. The predicted octanol–water partition coefficient (Wildman–Crippen LogP) is 0.810. The fourth-order valence-corrected chi connectivity index (χ4v) is 1.69. The maximum Gasteiger partial charge on any atom is 0.323 e. The number of likely N-dealkylation sites (N-methyl/N-ethyl adjacent to an activating group) is 1. The third-order valence-electron chi connectivity index (χ3n) is 2.46. The lowest BCUT2D eigenvalue weighted by Gasteiger charge is -2.19. The Hall–Kier alpha value is -1.85. The molecule has 100 valence electrons. The molecule has 1 aromatic rings. The van der Waals surface area contributed by atoms with E-state index in [0.29, 0.717) is 19.0 Å². The average molecular weight is 253 g/mol. The van der Waals surface area contributed by atoms with Crippen LogP contribution in [-0.4, -0.2) is 33.7 Å². The number of anilines is 1. The molecular weight excluding hydrogens is 234 g/mol. The van der Waals surface area contributed by atoms with Crippen molar-refractivity contribution in [3.63, 3.8) is 0 Å². The monoisotopic (exact) mass is 253 g/mol. The van der Waals surface area contributed by atoms with Gasteiger partial charge < -0.3 is 14.6 Å². The molecule has 18 heavy (non-hydrogen) atoms. The van der Waals surface area contributed by atoms with E-state index in [9.17, 15) is 9.59 Å². The molecule has 0 aliphatic carbocycles. The molecule has 0 aromatic carbocycles. The fraction of sp³-hybridized carbons (Fsp3) is 0.583. The first-order chi connectivity index (χ1) is 8.45. The van der Waals surface area contributed by atoms with Gasteiger partial charge in [0.05, 0.1) is 0 Å². The van der Waals surface area contributed by atoms with Crippen molar-refractivity contribution in [1.29, 1.82) is 0 Å². The van der Waals surface area contributed by atoms with E-state index in [1.54, 1.807) is 17.7 Å². The van der Waals surface area contributed by atoms with Crippen molar-refractivity contribution in [2.24, 2.45) is 5.92 Å². The summed E-state index contributed by atoms with van der Waals surface area (Å²) in [6.45, 7) is 6.64. The summed E-state index contributed by atoms with van der Waals surface area (Å²) in [5.74, 6) is -0.437. The van der Waals surface area contributed by atoms with Gasteiger partial charge >= 0.3 is 5.97 Å². The van der Waals surface area contributed by atoms with Crippen LogP contribution in [0.15, 0.2) is 17.2 Å². The van der Waals surface area contributed by atoms with E-state index in [2.05, 4.69) is 4.98 Å². The van der Waals surface area contributed by atoms with Gasteiger partial charge in [-0.2, -0.15) is 0 Å². The minimum Gasteiger partial charge on any atom is -0.480 e. The Balaban J connectivity index is 3.08. The Labute approximate surface area is 106 Å². The first-order valence-electron chi connectivity index (χ1n) is 5.97. The Morgan fingerprint density at radius 2 is 2.22 bits per heavy atom. The van der Waals surface area contributed by atoms with Gasteiger partial charge in [0, 0.05) is 25.5 Å². The fourth-order valence-electron chi connectivity index (χ4n) is 1.69. The molecule has 0 saturated carbocycles. The summed E-state index contributed by atoms with van der Waals surface area (Å²) in [6.07, 6.45) is 3.16. The summed E-state index contributed by atoms with van der Waals surface area (Å²) in [5, 5.41) is 8.80. The maximum atomic E-state index is 12.2. The van der Waals surface area contributed by atoms with Gasteiger partial charge in [0.2, 0.25) is 0 Å². The van der Waals surface area contributed by atoms with Crippen molar-refractivity contribution < 1.29 is 9.90 Å². The molecule has 6 nitrogen and oxygen atoms in total. The zero-order valence-electron chi connectivity index (χ0n) is 11.0. The molecule has 0 unspecified atom stereocenters. The number of rotatable bonds is 6. The lowest BCUT2D eigenvalue weighted by molar-refractivity contribution is -0.135. The third kappa shape index (κ3) is 3.58. The lowest BCUT2D eigenvalue weighted by Crippen LogP contribution is -2.37. The Morgan fingerprint density at radius 1 is 1.56 bits per heavy atom. The zero-order chi connectivity index (χ0) is 13.7. The molecule has 1 heterocycles. The molecule has 0 aliphatic heterocycles. The molecule has 1 aromatic heterocycles. The molecule has 0 bridgehead atoms. The molecule has 0 saturated heterocycles. The van der Waals surface area contributed by atoms with Crippen LogP contribution in [0.3, 0.4) is 0 Å². The van der Waals surface area contributed by atoms with Crippen molar-refractivity contribution in [3.05, 3.63) is 22.7 Å². The quantitative estimate of drug-likeness (QED) is 0.812. The summed E-state index contributed by atoms with van der Waals surface area (Å²) < 4.78 is 1.57. The molecular formula is C12H19N3O3. The van der Waals surface area contributed by atoms with E-state index in [1.165, 1.54) is 11.1 Å². The van der Waals surface area contributed by atoms with Crippen molar-refractivity contribution in [2.45, 2.75) is 27.3 Å². The van der Waals surface area contributed by atoms with Crippen LogP contribution in [0.1, 0.15) is 20.8 Å². The third-order valence-corrected chi connectivity index (χ3v) is 2.46. The van der Waals surface area contributed by atoms with Crippen LogP contribution in [0.2, 0.25) is 0 Å². The topological polar surface area (TPSA) is 75.4 Å². The first kappa shape index (κ1) is 14.2. The highest BCUT2D eigenvalue weighted by atomic mass is 16.4. The van der Waals surface area contributed by atoms with E-state index < -0.39 is 5.97 Å². The zero-order valence-corrected chi connectivity index (χ0v) is 11.0. The molecule has 0 radical (unpaired) electrons. The first-order valence-corrected chi connectivity index (χ1v) is 5.97. The average Bonchev–Trinajstić information content (AvgIpc) is 2.28. The number of carbonyl (C=O) groups is 1. The van der Waals surface area contributed by atoms with Crippen LogP contribution in [0.4, 0.5) is 5.82 Å². The molecule has 1 rings (SSSR count). The van der Waals surface area contributed by atoms with Gasteiger partial charge in [-0.25, -0.2) is 4.98 Å². The second kappa shape index (κ2) is 6.18. The van der Waals surface area contributed by atoms with Gasteiger partial charge in [-0.15, -0.1) is 0 Å². The van der Waals surface area contributed by atoms with Crippen LogP contribution >= 0.6 is 0 Å². The minimum atomic E-state index is -0.975. The van der Waals surface area contributed by atoms with Crippen LogP contribution < -0.4 is 10.5 Å². The molecule has 0 atom stereocenters. The Kier molecular flexibility index (Phi) is 4.88. The number of nitrogens with zero attached hydrogens (tertiary/aromatic N) is 3. The highest BCUT2D eigenvalue weighted by Crippen LogP contribution is 2.04. The smallest absolute Gasteiger partial charge is 0.323 e. The predicted molar refractivity (Wildman–Crippen MR) is 68.9 cm³/mol. The minimum absolute atomic E-state index is 0.197. The Morgan fingerprint density at radius 3 is 2.72 bits per heavy atom. The van der Waals surface area contributed by atoms with E-state index in [-0.39, 0.29) is 17.9 Å². The van der Waals surface area contributed by atoms with Gasteiger partial charge in [0.15, 0.2) is 5.82 Å². The van der Waals surface area contributed by atoms with Crippen molar-refractivity contribution in [2.75, 3.05) is 18.0 Å². The van der Waals surface area contributed by atoms with Gasteiger partial charge in [-0.1, -0.05) is 13.8 Å². The van der Waals surface area contributed by atoms with E-state index >= 15 is 0 Å². The second-order valence-electron chi connectivity index (χ2n) is 4.51. The van der Waals surface area contributed by atoms with Gasteiger partial charge in [0.25, 0.3) is 5.56 Å². The maximum absolute atomic E-state index is 12.2. The summed E-state index contributed by atoms with van der Waals surface area (Å²) in [6, 6.07) is 0. The Bertz CT molecular complexity index is 468. The van der Waals surface area contributed by atoms with E-state index in [4.69, 9.17) is 5.11 Å². The standard InChI is InChI=1S/C12H19N3O3/c1-4-14(8-10(16)17)11-12(18)15(6-5-13-11)7-9(2)3/h5-6,9H,4,7-8H2,1-3H3,(H,16,17). The lowest BCUT2D eigenvalue weighted by atomic mass is 10.2. The number of hydrogen-bond donors (Lipinski definition) is 1. The van der Waals surface area contributed by atoms with Gasteiger partial charge in [0.1, 0.15) is 6.54 Å². The highest BCUT2D eigenvalue weighted by Gasteiger charge is 2.15. The number of carboxylic acid groups (broad SMARTS) is 1. The van der Waals surface area contributed by atoms with Crippen LogP contribution in [0, 0.1) is 5.92 Å². The summed E-state index contributed by atoms with van der Waals surface area (Å²) in [4.78, 5) is 28.3. The number of carboxylic acids is 1. The van der Waals surface area contributed by atoms with Crippen molar-refractivity contribution in [3.8, 4) is 0 Å². The normalized spacial score (nSPS) is 10.7.